The van der Waals surface area contributed by atoms with Crippen LogP contribution in [-0.2, 0) is 9.53 Å². The number of carbonyl (C=O) groups is 1. The van der Waals surface area contributed by atoms with Crippen molar-refractivity contribution in [2.24, 2.45) is 22.5 Å². The van der Waals surface area contributed by atoms with Gasteiger partial charge in [0, 0.05) is 32.8 Å². The van der Waals surface area contributed by atoms with E-state index in [1.807, 2.05) is 4.90 Å². The number of rotatable bonds is 2. The maximum Gasteiger partial charge on any atom is 0.230 e. The van der Waals surface area contributed by atoms with Gasteiger partial charge in [0.05, 0.1) is 5.41 Å². The van der Waals surface area contributed by atoms with E-state index in [2.05, 4.69) is 20.8 Å². The Balaban J connectivity index is 2.04. The average Bonchev–Trinajstić information content (AvgIpc) is 2.88. The van der Waals surface area contributed by atoms with E-state index >= 15 is 0 Å². The molecule has 2 rings (SSSR count). The number of nitrogens with two attached hydrogens (primary N) is 1. The topological polar surface area (TPSA) is 55.6 Å². The molecule has 0 aromatic rings. The fourth-order valence-corrected chi connectivity index (χ4v) is 3.25. The van der Waals surface area contributed by atoms with Crippen LogP contribution in [0.4, 0.5) is 0 Å². The molecular formula is C15H28N2O2. The molecular weight excluding hydrogens is 240 g/mol. The molecule has 0 bridgehead atoms. The Kier molecular flexibility index (Phi) is 4.21. The van der Waals surface area contributed by atoms with Crippen molar-refractivity contribution in [1.29, 1.82) is 0 Å². The Morgan fingerprint density at radius 2 is 2.00 bits per heavy atom. The van der Waals surface area contributed by atoms with Gasteiger partial charge < -0.3 is 15.4 Å². The Hall–Kier alpha value is -0.610. The molecule has 19 heavy (non-hydrogen) atoms. The fraction of sp³-hybridized carbons (Fsp3) is 0.933. The Morgan fingerprint density at radius 3 is 2.47 bits per heavy atom. The van der Waals surface area contributed by atoms with E-state index < -0.39 is 0 Å². The summed E-state index contributed by atoms with van der Waals surface area (Å²) in [6.45, 7) is 10.4. The van der Waals surface area contributed by atoms with Crippen molar-refractivity contribution >= 4 is 5.91 Å². The van der Waals surface area contributed by atoms with Crippen LogP contribution in [0.15, 0.2) is 0 Å². The molecule has 2 aliphatic rings. The van der Waals surface area contributed by atoms with E-state index in [1.165, 1.54) is 0 Å². The van der Waals surface area contributed by atoms with E-state index in [9.17, 15) is 4.79 Å². The zero-order chi connectivity index (χ0) is 14.1. The molecule has 0 spiro atoms. The van der Waals surface area contributed by atoms with Gasteiger partial charge in [-0.3, -0.25) is 4.79 Å². The third-order valence-electron chi connectivity index (χ3n) is 4.99. The third-order valence-corrected chi connectivity index (χ3v) is 4.99. The van der Waals surface area contributed by atoms with Crippen LogP contribution < -0.4 is 5.73 Å². The zero-order valence-electron chi connectivity index (χ0n) is 12.6. The van der Waals surface area contributed by atoms with Gasteiger partial charge in [0.1, 0.15) is 0 Å². The first-order chi connectivity index (χ1) is 8.89. The average molecular weight is 268 g/mol. The quantitative estimate of drug-likeness (QED) is 0.828. The largest absolute Gasteiger partial charge is 0.381 e. The highest BCUT2D eigenvalue weighted by Gasteiger charge is 2.44. The predicted octanol–water partition coefficient (Wildman–Crippen LogP) is 1.64. The molecule has 0 aromatic carbocycles. The monoisotopic (exact) mass is 268 g/mol. The number of ether oxygens (including phenoxy) is 1. The number of hydrogen-bond donors (Lipinski definition) is 1. The number of carbonyl (C=O) groups excluding carboxylic acids is 1. The van der Waals surface area contributed by atoms with Gasteiger partial charge in [-0.1, -0.05) is 20.8 Å². The van der Waals surface area contributed by atoms with Crippen molar-refractivity contribution in [3.8, 4) is 0 Å². The summed E-state index contributed by atoms with van der Waals surface area (Å²) >= 11 is 0. The van der Waals surface area contributed by atoms with Gasteiger partial charge in [-0.05, 0) is 30.6 Å². The highest BCUT2D eigenvalue weighted by molar-refractivity contribution is 5.83. The SMILES string of the molecule is CC(C)(C)C1CCN(C(=O)C2(CN)CCOCC2)C1. The molecule has 110 valence electrons. The Morgan fingerprint density at radius 1 is 1.37 bits per heavy atom. The second-order valence-electron chi connectivity index (χ2n) is 7.20. The van der Waals surface area contributed by atoms with Gasteiger partial charge in [-0.25, -0.2) is 0 Å². The molecule has 4 nitrogen and oxygen atoms in total. The summed E-state index contributed by atoms with van der Waals surface area (Å²) in [5, 5.41) is 0. The van der Waals surface area contributed by atoms with Crippen molar-refractivity contribution in [3.63, 3.8) is 0 Å². The maximum atomic E-state index is 12.8. The van der Waals surface area contributed by atoms with Crippen molar-refractivity contribution in [1.82, 2.24) is 4.90 Å². The van der Waals surface area contributed by atoms with Crippen LogP contribution in [-0.4, -0.2) is 43.7 Å². The van der Waals surface area contributed by atoms with Crippen LogP contribution >= 0.6 is 0 Å². The van der Waals surface area contributed by atoms with Crippen LogP contribution in [0.5, 0.6) is 0 Å². The molecule has 2 saturated heterocycles. The molecule has 2 fully saturated rings. The summed E-state index contributed by atoms with van der Waals surface area (Å²) in [7, 11) is 0. The molecule has 2 aliphatic heterocycles. The molecule has 1 atom stereocenters. The van der Waals surface area contributed by atoms with E-state index in [4.69, 9.17) is 10.5 Å². The van der Waals surface area contributed by atoms with Gasteiger partial charge in [0.25, 0.3) is 0 Å². The predicted molar refractivity (Wildman–Crippen MR) is 75.7 cm³/mol. The lowest BCUT2D eigenvalue weighted by Gasteiger charge is -2.38. The Bertz CT molecular complexity index is 330. The summed E-state index contributed by atoms with van der Waals surface area (Å²) in [6, 6.07) is 0. The first-order valence-corrected chi connectivity index (χ1v) is 7.46. The van der Waals surface area contributed by atoms with E-state index in [0.29, 0.717) is 25.7 Å². The van der Waals surface area contributed by atoms with Gasteiger partial charge >= 0.3 is 0 Å². The number of amides is 1. The van der Waals surface area contributed by atoms with Crippen LogP contribution in [0, 0.1) is 16.7 Å². The lowest BCUT2D eigenvalue weighted by atomic mass is 9.78. The molecule has 4 heteroatoms. The van der Waals surface area contributed by atoms with E-state index in [1.54, 1.807) is 0 Å². The minimum Gasteiger partial charge on any atom is -0.381 e. The second-order valence-corrected chi connectivity index (χ2v) is 7.20. The lowest BCUT2D eigenvalue weighted by molar-refractivity contribution is -0.146. The highest BCUT2D eigenvalue weighted by atomic mass is 16.5. The minimum atomic E-state index is -0.356. The van der Waals surface area contributed by atoms with Crippen LogP contribution in [0.2, 0.25) is 0 Å². The van der Waals surface area contributed by atoms with Crippen molar-refractivity contribution in [2.75, 3.05) is 32.8 Å². The summed E-state index contributed by atoms with van der Waals surface area (Å²) in [6.07, 6.45) is 2.67. The van der Waals surface area contributed by atoms with Gasteiger partial charge in [-0.15, -0.1) is 0 Å². The molecule has 0 aromatic heterocycles. The minimum absolute atomic E-state index is 0.269. The van der Waals surface area contributed by atoms with Gasteiger partial charge in [-0.2, -0.15) is 0 Å². The highest BCUT2D eigenvalue weighted by Crippen LogP contribution is 2.37. The summed E-state index contributed by atoms with van der Waals surface area (Å²) < 4.78 is 5.39. The van der Waals surface area contributed by atoms with Crippen molar-refractivity contribution in [2.45, 2.75) is 40.0 Å². The number of hydrogen-bond acceptors (Lipinski definition) is 3. The van der Waals surface area contributed by atoms with Crippen LogP contribution in [0.3, 0.4) is 0 Å². The summed E-state index contributed by atoms with van der Waals surface area (Å²) in [5.41, 5.74) is 5.85. The number of nitrogens with zero attached hydrogens (tertiary/aromatic N) is 1. The zero-order valence-corrected chi connectivity index (χ0v) is 12.6. The second kappa shape index (κ2) is 5.41. The normalized spacial score (nSPS) is 27.6. The molecule has 2 N–H and O–H groups in total. The molecule has 2 heterocycles. The molecule has 0 saturated carbocycles. The van der Waals surface area contributed by atoms with E-state index in [-0.39, 0.29) is 16.7 Å². The Labute approximate surface area is 116 Å². The van der Waals surface area contributed by atoms with Gasteiger partial charge in [0.2, 0.25) is 5.91 Å². The first kappa shape index (κ1) is 14.8. The van der Waals surface area contributed by atoms with Crippen LogP contribution in [0.1, 0.15) is 40.0 Å². The number of likely N-dealkylation sites (tertiary alicyclic amines) is 1. The summed E-state index contributed by atoms with van der Waals surface area (Å²) in [4.78, 5) is 14.9. The first-order valence-electron chi connectivity index (χ1n) is 7.46. The standard InChI is InChI=1S/C15H28N2O2/c1-14(2,3)12-4-7-17(10-12)13(18)15(11-16)5-8-19-9-6-15/h12H,4-11,16H2,1-3H3. The van der Waals surface area contributed by atoms with Crippen molar-refractivity contribution < 1.29 is 9.53 Å². The summed E-state index contributed by atoms with van der Waals surface area (Å²) in [5.74, 6) is 0.871. The molecule has 1 unspecified atom stereocenters. The smallest absolute Gasteiger partial charge is 0.230 e. The van der Waals surface area contributed by atoms with Gasteiger partial charge in [0.15, 0.2) is 0 Å². The maximum absolute atomic E-state index is 12.8. The van der Waals surface area contributed by atoms with E-state index in [0.717, 1.165) is 32.4 Å². The third kappa shape index (κ3) is 2.95. The van der Waals surface area contributed by atoms with Crippen molar-refractivity contribution in [3.05, 3.63) is 0 Å². The fourth-order valence-electron chi connectivity index (χ4n) is 3.25. The molecule has 0 radical (unpaired) electrons. The molecule has 0 aliphatic carbocycles. The van der Waals surface area contributed by atoms with Crippen LogP contribution in [0.25, 0.3) is 0 Å². The molecule has 1 amide bonds. The lowest BCUT2D eigenvalue weighted by Crippen LogP contribution is -2.50.